The van der Waals surface area contributed by atoms with Crippen LogP contribution in [0.3, 0.4) is 0 Å². The van der Waals surface area contributed by atoms with Gasteiger partial charge < -0.3 is 10.2 Å². The molecule has 1 N–H and O–H groups in total. The van der Waals surface area contributed by atoms with Gasteiger partial charge in [-0.2, -0.15) is 13.2 Å². The second-order valence-electron chi connectivity index (χ2n) is 4.44. The van der Waals surface area contributed by atoms with Gasteiger partial charge in [-0.3, -0.25) is 4.79 Å². The number of carbonyl (C=O) groups excluding carboxylic acids is 1. The number of hydrogen-bond acceptors (Lipinski definition) is 2. The second-order valence-corrected chi connectivity index (χ2v) is 4.84. The van der Waals surface area contributed by atoms with Crippen molar-refractivity contribution in [3.63, 3.8) is 0 Å². The Morgan fingerprint density at radius 3 is 2.43 bits per heavy atom. The Balaban J connectivity index is 2.63. The van der Waals surface area contributed by atoms with E-state index in [4.69, 9.17) is 11.6 Å². The van der Waals surface area contributed by atoms with E-state index in [0.29, 0.717) is 18.8 Å². The Labute approximate surface area is 127 Å². The Kier molecular flexibility index (Phi) is 6.33. The van der Waals surface area contributed by atoms with Gasteiger partial charge in [0.05, 0.1) is 10.6 Å². The van der Waals surface area contributed by atoms with Crippen LogP contribution in [0.2, 0.25) is 5.02 Å². The largest absolute Gasteiger partial charge is 0.417 e. The lowest BCUT2D eigenvalue weighted by molar-refractivity contribution is -0.137. The predicted molar refractivity (Wildman–Crippen MR) is 77.5 cm³/mol. The van der Waals surface area contributed by atoms with E-state index < -0.39 is 11.7 Å². The predicted octanol–water partition coefficient (Wildman–Crippen LogP) is 4.03. The molecule has 0 saturated heterocycles. The monoisotopic (exact) mass is 322 g/mol. The van der Waals surface area contributed by atoms with Crippen LogP contribution in [-0.2, 0) is 11.0 Å². The van der Waals surface area contributed by atoms with Gasteiger partial charge in [0, 0.05) is 31.7 Å². The van der Waals surface area contributed by atoms with E-state index in [0.717, 1.165) is 6.07 Å². The van der Waals surface area contributed by atoms with Crippen molar-refractivity contribution in [3.8, 4) is 0 Å². The fourth-order valence-corrected chi connectivity index (χ4v) is 2.13. The molecule has 0 bridgehead atoms. The number of amides is 1. The van der Waals surface area contributed by atoms with E-state index in [1.165, 1.54) is 12.1 Å². The summed E-state index contributed by atoms with van der Waals surface area (Å²) in [5, 5.41) is 2.47. The Bertz CT molecular complexity index is 488. The first-order valence-electron chi connectivity index (χ1n) is 6.68. The van der Waals surface area contributed by atoms with Crippen LogP contribution in [0, 0.1) is 0 Å². The number of anilines is 1. The third-order valence-corrected chi connectivity index (χ3v) is 3.39. The molecule has 3 nitrogen and oxygen atoms in total. The fraction of sp³-hybridized carbons (Fsp3) is 0.500. The molecule has 0 aliphatic rings. The summed E-state index contributed by atoms with van der Waals surface area (Å²) in [6, 6.07) is 3.60. The van der Waals surface area contributed by atoms with Gasteiger partial charge in [0.1, 0.15) is 0 Å². The minimum absolute atomic E-state index is 0.0301. The minimum atomic E-state index is -4.49. The smallest absolute Gasteiger partial charge is 0.385 e. The molecule has 21 heavy (non-hydrogen) atoms. The van der Waals surface area contributed by atoms with Crippen LogP contribution >= 0.6 is 11.6 Å². The van der Waals surface area contributed by atoms with Crippen LogP contribution in [0.5, 0.6) is 0 Å². The molecule has 0 atom stereocenters. The first-order chi connectivity index (χ1) is 9.79. The molecule has 118 valence electrons. The molecule has 1 rings (SSSR count). The Hall–Kier alpha value is -1.43. The van der Waals surface area contributed by atoms with E-state index in [9.17, 15) is 18.0 Å². The zero-order chi connectivity index (χ0) is 16.0. The third-order valence-electron chi connectivity index (χ3n) is 3.06. The molecule has 7 heteroatoms. The maximum atomic E-state index is 12.7. The van der Waals surface area contributed by atoms with Gasteiger partial charge in [0.25, 0.3) is 0 Å². The molecule has 0 aliphatic carbocycles. The molecule has 1 amide bonds. The number of rotatable bonds is 6. The summed E-state index contributed by atoms with van der Waals surface area (Å²) in [4.78, 5) is 13.4. The number of hydrogen-bond donors (Lipinski definition) is 1. The fourth-order valence-electron chi connectivity index (χ4n) is 1.90. The number of alkyl halides is 3. The van der Waals surface area contributed by atoms with Crippen molar-refractivity contribution < 1.29 is 18.0 Å². The summed E-state index contributed by atoms with van der Waals surface area (Å²) in [7, 11) is 0. The number of halogens is 4. The van der Waals surface area contributed by atoms with Crippen molar-refractivity contribution in [3.05, 3.63) is 28.8 Å². The van der Waals surface area contributed by atoms with Gasteiger partial charge in [-0.15, -0.1) is 0 Å². The minimum Gasteiger partial charge on any atom is -0.385 e. The normalized spacial score (nSPS) is 11.3. The summed E-state index contributed by atoms with van der Waals surface area (Å²) in [5.41, 5.74) is -0.594. The first-order valence-corrected chi connectivity index (χ1v) is 7.05. The number of nitrogens with zero attached hydrogens (tertiary/aromatic N) is 1. The van der Waals surface area contributed by atoms with Gasteiger partial charge >= 0.3 is 6.18 Å². The molecule has 0 spiro atoms. The van der Waals surface area contributed by atoms with Crippen molar-refractivity contribution >= 4 is 23.2 Å². The maximum absolute atomic E-state index is 12.7. The highest BCUT2D eigenvalue weighted by Crippen LogP contribution is 2.36. The maximum Gasteiger partial charge on any atom is 0.417 e. The van der Waals surface area contributed by atoms with Crippen LogP contribution in [0.15, 0.2) is 18.2 Å². The van der Waals surface area contributed by atoms with Gasteiger partial charge in [0.15, 0.2) is 0 Å². The summed E-state index contributed by atoms with van der Waals surface area (Å²) in [6.45, 7) is 5.27. The standard InChI is InChI=1S/C14H18ClF3N2O/c1-3-20(4-2)13(21)7-8-19-10-5-6-12(15)11(9-10)14(16,17)18/h5-6,9,19H,3-4,7-8H2,1-2H3. The lowest BCUT2D eigenvalue weighted by Crippen LogP contribution is -2.31. The molecule has 0 aliphatic heterocycles. The van der Waals surface area contributed by atoms with Crippen molar-refractivity contribution in [1.82, 2.24) is 4.90 Å². The van der Waals surface area contributed by atoms with Crippen LogP contribution in [0.4, 0.5) is 18.9 Å². The highest BCUT2D eigenvalue weighted by atomic mass is 35.5. The molecule has 0 fully saturated rings. The third kappa shape index (κ3) is 5.12. The zero-order valence-electron chi connectivity index (χ0n) is 11.9. The topological polar surface area (TPSA) is 32.3 Å². The molecule has 0 radical (unpaired) electrons. The molecular formula is C14H18ClF3N2O. The van der Waals surface area contributed by atoms with E-state index in [1.807, 2.05) is 13.8 Å². The lowest BCUT2D eigenvalue weighted by atomic mass is 10.2. The molecular weight excluding hydrogens is 305 g/mol. The van der Waals surface area contributed by atoms with Crippen LogP contribution < -0.4 is 5.32 Å². The summed E-state index contributed by atoms with van der Waals surface area (Å²) in [5.74, 6) is -0.0301. The summed E-state index contributed by atoms with van der Waals surface area (Å²) >= 11 is 5.54. The van der Waals surface area contributed by atoms with E-state index in [1.54, 1.807) is 4.90 Å². The molecule has 1 aromatic carbocycles. The van der Waals surface area contributed by atoms with Crippen LogP contribution in [-0.4, -0.2) is 30.4 Å². The van der Waals surface area contributed by atoms with Crippen LogP contribution in [0.1, 0.15) is 25.8 Å². The number of carbonyl (C=O) groups is 1. The molecule has 1 aromatic rings. The summed E-state index contributed by atoms with van der Waals surface area (Å²) in [6.07, 6.45) is -4.27. The first kappa shape index (κ1) is 17.6. The quantitative estimate of drug-likeness (QED) is 0.857. The summed E-state index contributed by atoms with van der Waals surface area (Å²) < 4.78 is 38.1. The van der Waals surface area contributed by atoms with Gasteiger partial charge in [-0.25, -0.2) is 0 Å². The molecule has 0 heterocycles. The molecule has 0 aromatic heterocycles. The Morgan fingerprint density at radius 2 is 1.90 bits per heavy atom. The van der Waals surface area contributed by atoms with Crippen molar-refractivity contribution in [1.29, 1.82) is 0 Å². The van der Waals surface area contributed by atoms with Crippen LogP contribution in [0.25, 0.3) is 0 Å². The van der Waals surface area contributed by atoms with Gasteiger partial charge in [-0.1, -0.05) is 11.6 Å². The average molecular weight is 323 g/mol. The molecule has 0 unspecified atom stereocenters. The molecule has 0 saturated carbocycles. The lowest BCUT2D eigenvalue weighted by Gasteiger charge is -2.19. The number of nitrogens with one attached hydrogen (secondary N) is 1. The second kappa shape index (κ2) is 7.54. The van der Waals surface area contributed by atoms with E-state index in [-0.39, 0.29) is 23.9 Å². The SMILES string of the molecule is CCN(CC)C(=O)CCNc1ccc(Cl)c(C(F)(F)F)c1. The highest BCUT2D eigenvalue weighted by molar-refractivity contribution is 6.31. The zero-order valence-corrected chi connectivity index (χ0v) is 12.7. The number of benzene rings is 1. The average Bonchev–Trinajstić information content (AvgIpc) is 2.40. The van der Waals surface area contributed by atoms with E-state index >= 15 is 0 Å². The van der Waals surface area contributed by atoms with E-state index in [2.05, 4.69) is 5.32 Å². The van der Waals surface area contributed by atoms with Gasteiger partial charge in [-0.05, 0) is 32.0 Å². The van der Waals surface area contributed by atoms with Crippen molar-refractivity contribution in [2.24, 2.45) is 0 Å². The van der Waals surface area contributed by atoms with Gasteiger partial charge in [0.2, 0.25) is 5.91 Å². The Morgan fingerprint density at radius 1 is 1.29 bits per heavy atom. The van der Waals surface area contributed by atoms with Crippen molar-refractivity contribution in [2.45, 2.75) is 26.4 Å². The highest BCUT2D eigenvalue weighted by Gasteiger charge is 2.33. The van der Waals surface area contributed by atoms with Crippen molar-refractivity contribution in [2.75, 3.05) is 25.0 Å².